The number of benzene rings is 1. The van der Waals surface area contributed by atoms with E-state index in [-0.39, 0.29) is 0 Å². The second-order valence-electron chi connectivity index (χ2n) is 5.72. The van der Waals surface area contributed by atoms with Crippen LogP contribution >= 0.6 is 0 Å². The van der Waals surface area contributed by atoms with Gasteiger partial charge in [0.1, 0.15) is 0 Å². The maximum Gasteiger partial charge on any atom is 0.0947 e. The first-order chi connectivity index (χ1) is 8.77. The average molecular weight is 244 g/mol. The SMILES string of the molecule is C[C@H]1[C@@H]([NH2+]C/C=C/c2ccccc2)CCC[C@@H]1C. The van der Waals surface area contributed by atoms with Crippen molar-refractivity contribution >= 4 is 6.08 Å². The molecule has 0 unspecified atom stereocenters. The summed E-state index contributed by atoms with van der Waals surface area (Å²) in [7, 11) is 0. The number of quaternary nitrogens is 1. The average Bonchev–Trinajstić information content (AvgIpc) is 2.40. The fourth-order valence-electron chi connectivity index (χ4n) is 2.98. The molecule has 1 aliphatic rings. The van der Waals surface area contributed by atoms with Crippen molar-refractivity contribution in [3.63, 3.8) is 0 Å². The van der Waals surface area contributed by atoms with Crippen molar-refractivity contribution in [2.24, 2.45) is 11.8 Å². The van der Waals surface area contributed by atoms with Gasteiger partial charge in [-0.15, -0.1) is 0 Å². The lowest BCUT2D eigenvalue weighted by molar-refractivity contribution is -0.691. The summed E-state index contributed by atoms with van der Waals surface area (Å²) in [6, 6.07) is 11.4. The van der Waals surface area contributed by atoms with Gasteiger partial charge in [0.2, 0.25) is 0 Å². The van der Waals surface area contributed by atoms with Gasteiger partial charge in [-0.1, -0.05) is 50.3 Å². The molecule has 18 heavy (non-hydrogen) atoms. The van der Waals surface area contributed by atoms with E-state index in [1.54, 1.807) is 0 Å². The predicted molar refractivity (Wildman–Crippen MR) is 78.2 cm³/mol. The van der Waals surface area contributed by atoms with Gasteiger partial charge in [0.05, 0.1) is 12.6 Å². The number of hydrogen-bond donors (Lipinski definition) is 1. The van der Waals surface area contributed by atoms with E-state index >= 15 is 0 Å². The van der Waals surface area contributed by atoms with Crippen LogP contribution in [0.15, 0.2) is 36.4 Å². The third kappa shape index (κ3) is 3.71. The fraction of sp³-hybridized carbons (Fsp3) is 0.529. The molecule has 1 fully saturated rings. The molecule has 1 aromatic rings. The Morgan fingerprint density at radius 3 is 2.72 bits per heavy atom. The predicted octanol–water partition coefficient (Wildman–Crippen LogP) is 3.09. The van der Waals surface area contributed by atoms with Crippen molar-refractivity contribution < 1.29 is 5.32 Å². The monoisotopic (exact) mass is 244 g/mol. The van der Waals surface area contributed by atoms with Crippen LogP contribution in [0.4, 0.5) is 0 Å². The van der Waals surface area contributed by atoms with Crippen molar-refractivity contribution in [3.05, 3.63) is 42.0 Å². The minimum Gasteiger partial charge on any atom is -0.340 e. The van der Waals surface area contributed by atoms with E-state index in [2.05, 4.69) is 61.6 Å². The molecular formula is C17H26N+. The normalized spacial score (nSPS) is 28.7. The Hall–Kier alpha value is -1.08. The van der Waals surface area contributed by atoms with Gasteiger partial charge in [-0.2, -0.15) is 0 Å². The summed E-state index contributed by atoms with van der Waals surface area (Å²) >= 11 is 0. The third-order valence-electron chi connectivity index (χ3n) is 4.45. The van der Waals surface area contributed by atoms with Gasteiger partial charge in [-0.3, -0.25) is 0 Å². The molecule has 0 saturated heterocycles. The molecule has 3 atom stereocenters. The lowest BCUT2D eigenvalue weighted by Crippen LogP contribution is -2.91. The van der Waals surface area contributed by atoms with Crippen LogP contribution < -0.4 is 5.32 Å². The third-order valence-corrected chi connectivity index (χ3v) is 4.45. The first kappa shape index (κ1) is 13.4. The first-order valence-corrected chi connectivity index (χ1v) is 7.32. The van der Waals surface area contributed by atoms with Crippen LogP contribution in [-0.2, 0) is 0 Å². The largest absolute Gasteiger partial charge is 0.340 e. The van der Waals surface area contributed by atoms with Gasteiger partial charge in [0, 0.05) is 5.92 Å². The number of rotatable bonds is 4. The summed E-state index contributed by atoms with van der Waals surface area (Å²) in [5, 5.41) is 2.53. The van der Waals surface area contributed by atoms with Crippen LogP contribution in [0.25, 0.3) is 6.08 Å². The lowest BCUT2D eigenvalue weighted by Gasteiger charge is -2.31. The zero-order valence-electron chi connectivity index (χ0n) is 11.7. The van der Waals surface area contributed by atoms with Crippen molar-refractivity contribution in [1.82, 2.24) is 0 Å². The molecule has 0 amide bonds. The Morgan fingerprint density at radius 1 is 1.17 bits per heavy atom. The lowest BCUT2D eigenvalue weighted by atomic mass is 9.78. The van der Waals surface area contributed by atoms with Gasteiger partial charge >= 0.3 is 0 Å². The molecule has 0 heterocycles. The molecule has 0 bridgehead atoms. The molecule has 0 spiro atoms. The second kappa shape index (κ2) is 6.75. The highest BCUT2D eigenvalue weighted by Gasteiger charge is 2.28. The highest BCUT2D eigenvalue weighted by Crippen LogP contribution is 2.27. The fourth-order valence-corrected chi connectivity index (χ4v) is 2.98. The Morgan fingerprint density at radius 2 is 1.94 bits per heavy atom. The quantitative estimate of drug-likeness (QED) is 0.838. The summed E-state index contributed by atoms with van der Waals surface area (Å²) < 4.78 is 0. The van der Waals surface area contributed by atoms with Crippen LogP contribution in [0, 0.1) is 11.8 Å². The minimum absolute atomic E-state index is 0.828. The molecule has 1 heteroatoms. The van der Waals surface area contributed by atoms with Gasteiger partial charge in [-0.25, -0.2) is 0 Å². The molecule has 1 aliphatic carbocycles. The Bertz CT molecular complexity index is 368. The summed E-state index contributed by atoms with van der Waals surface area (Å²) in [5.41, 5.74) is 1.30. The smallest absolute Gasteiger partial charge is 0.0947 e. The molecule has 0 radical (unpaired) electrons. The van der Waals surface area contributed by atoms with E-state index in [1.807, 2.05) is 0 Å². The van der Waals surface area contributed by atoms with Crippen molar-refractivity contribution in [2.45, 2.75) is 39.2 Å². The van der Waals surface area contributed by atoms with Crippen LogP contribution in [0.1, 0.15) is 38.7 Å². The van der Waals surface area contributed by atoms with Crippen molar-refractivity contribution in [2.75, 3.05) is 6.54 Å². The minimum atomic E-state index is 0.828. The molecule has 2 N–H and O–H groups in total. The van der Waals surface area contributed by atoms with Gasteiger partial charge < -0.3 is 5.32 Å². The highest BCUT2D eigenvalue weighted by atomic mass is 14.9. The first-order valence-electron chi connectivity index (χ1n) is 7.32. The maximum atomic E-state index is 2.53. The summed E-state index contributed by atoms with van der Waals surface area (Å²) in [6.45, 7) is 5.94. The Kier molecular flexibility index (Phi) is 5.00. The Balaban J connectivity index is 1.76. The Labute approximate surface area is 111 Å². The standard InChI is InChI=1S/C17H25N/c1-14-8-6-12-17(15(14)2)18-13-7-11-16-9-4-3-5-10-16/h3-5,7,9-11,14-15,17-18H,6,8,12-13H2,1-2H3/p+1/b11-7+/t14-,15+,17-/m0/s1. The van der Waals surface area contributed by atoms with Crippen molar-refractivity contribution in [1.29, 1.82) is 0 Å². The van der Waals surface area contributed by atoms with Gasteiger partial charge in [0.25, 0.3) is 0 Å². The van der Waals surface area contributed by atoms with Crippen LogP contribution in [0.5, 0.6) is 0 Å². The summed E-state index contributed by atoms with van der Waals surface area (Å²) in [5.74, 6) is 1.77. The number of hydrogen-bond acceptors (Lipinski definition) is 0. The highest BCUT2D eigenvalue weighted by molar-refractivity contribution is 5.48. The molecular weight excluding hydrogens is 218 g/mol. The van der Waals surface area contributed by atoms with Crippen LogP contribution in [0.2, 0.25) is 0 Å². The molecule has 1 saturated carbocycles. The maximum absolute atomic E-state index is 2.53. The van der Waals surface area contributed by atoms with Crippen LogP contribution in [-0.4, -0.2) is 12.6 Å². The second-order valence-corrected chi connectivity index (χ2v) is 5.72. The van der Waals surface area contributed by atoms with Gasteiger partial charge in [-0.05, 0) is 36.8 Å². The van der Waals surface area contributed by atoms with E-state index in [0.29, 0.717) is 0 Å². The molecule has 1 nitrogen and oxygen atoms in total. The van der Waals surface area contributed by atoms with E-state index < -0.39 is 0 Å². The van der Waals surface area contributed by atoms with Gasteiger partial charge in [0.15, 0.2) is 0 Å². The van der Waals surface area contributed by atoms with Crippen LogP contribution in [0.3, 0.4) is 0 Å². The van der Waals surface area contributed by atoms with E-state index in [9.17, 15) is 0 Å². The summed E-state index contributed by atoms with van der Waals surface area (Å²) in [4.78, 5) is 0. The molecule has 0 aromatic heterocycles. The zero-order chi connectivity index (χ0) is 12.8. The van der Waals surface area contributed by atoms with E-state index in [1.165, 1.54) is 24.8 Å². The topological polar surface area (TPSA) is 16.6 Å². The molecule has 1 aromatic carbocycles. The molecule has 98 valence electrons. The molecule has 0 aliphatic heterocycles. The van der Waals surface area contributed by atoms with Crippen molar-refractivity contribution in [3.8, 4) is 0 Å². The molecule has 2 rings (SSSR count). The summed E-state index contributed by atoms with van der Waals surface area (Å²) in [6.07, 6.45) is 8.75. The number of nitrogens with two attached hydrogens (primary N) is 1. The zero-order valence-corrected chi connectivity index (χ0v) is 11.7. The van der Waals surface area contributed by atoms with E-state index in [0.717, 1.165) is 24.4 Å². The van der Waals surface area contributed by atoms with E-state index in [4.69, 9.17) is 0 Å².